The van der Waals surface area contributed by atoms with Gasteiger partial charge in [-0.15, -0.1) is 0 Å². The predicted octanol–water partition coefficient (Wildman–Crippen LogP) is 0.995. The molecule has 11 heavy (non-hydrogen) atoms. The first-order valence-electron chi connectivity index (χ1n) is 3.13. The maximum Gasteiger partial charge on any atom is 0.284 e. The molecular formula is C7H5FN2O. The molecule has 0 atom stereocenters. The monoisotopic (exact) mass is 152 g/mol. The number of rotatable bonds is 0. The van der Waals surface area contributed by atoms with Crippen LogP contribution in [0.15, 0.2) is 23.3 Å². The van der Waals surface area contributed by atoms with E-state index in [9.17, 15) is 9.18 Å². The van der Waals surface area contributed by atoms with Crippen LogP contribution in [0.5, 0.6) is 0 Å². The molecule has 0 aliphatic rings. The second-order valence-corrected chi connectivity index (χ2v) is 2.24. The summed E-state index contributed by atoms with van der Waals surface area (Å²) in [6, 6.07) is 1.53. The summed E-state index contributed by atoms with van der Waals surface area (Å²) in [7, 11) is 0. The molecule has 0 fully saturated rings. The van der Waals surface area contributed by atoms with Gasteiger partial charge >= 0.3 is 0 Å². The van der Waals surface area contributed by atoms with Crippen LogP contribution in [0.3, 0.4) is 0 Å². The molecule has 2 aromatic rings. The SMILES string of the molecule is O=c1[nH]cc2[nH]ccc2c1F. The number of aromatic nitrogens is 2. The molecular weight excluding hydrogens is 147 g/mol. The Bertz CT molecular complexity index is 443. The number of H-pyrrole nitrogens is 2. The summed E-state index contributed by atoms with van der Waals surface area (Å²) in [6.07, 6.45) is 3.03. The van der Waals surface area contributed by atoms with Gasteiger partial charge in [0.15, 0.2) is 5.82 Å². The lowest BCUT2D eigenvalue weighted by Gasteiger charge is -1.88. The van der Waals surface area contributed by atoms with E-state index in [0.29, 0.717) is 10.9 Å². The van der Waals surface area contributed by atoms with E-state index in [4.69, 9.17) is 0 Å². The van der Waals surface area contributed by atoms with Gasteiger partial charge < -0.3 is 9.97 Å². The first-order chi connectivity index (χ1) is 5.29. The van der Waals surface area contributed by atoms with E-state index in [1.807, 2.05) is 0 Å². The molecule has 0 bridgehead atoms. The van der Waals surface area contributed by atoms with Gasteiger partial charge in [-0.25, -0.2) is 4.39 Å². The van der Waals surface area contributed by atoms with Crippen molar-refractivity contribution in [2.75, 3.05) is 0 Å². The number of aromatic amines is 2. The summed E-state index contributed by atoms with van der Waals surface area (Å²) in [4.78, 5) is 15.7. The summed E-state index contributed by atoms with van der Waals surface area (Å²) < 4.78 is 12.9. The molecule has 0 amide bonds. The van der Waals surface area contributed by atoms with Crippen LogP contribution in [0.1, 0.15) is 0 Å². The minimum absolute atomic E-state index is 0.328. The Morgan fingerprint density at radius 2 is 2.18 bits per heavy atom. The highest BCUT2D eigenvalue weighted by Gasteiger charge is 2.03. The van der Waals surface area contributed by atoms with Crippen LogP contribution in [0.25, 0.3) is 10.9 Å². The highest BCUT2D eigenvalue weighted by molar-refractivity contribution is 5.78. The minimum Gasteiger partial charge on any atom is -0.360 e. The molecule has 0 aromatic carbocycles. The molecule has 4 heteroatoms. The molecule has 56 valence electrons. The molecule has 2 heterocycles. The standard InChI is InChI=1S/C7H5FN2O/c8-6-4-1-2-9-5(4)3-10-7(6)11/h1-3,9H,(H,10,11). The van der Waals surface area contributed by atoms with E-state index in [2.05, 4.69) is 9.97 Å². The van der Waals surface area contributed by atoms with Crippen molar-refractivity contribution in [3.05, 3.63) is 34.6 Å². The Hall–Kier alpha value is -1.58. The van der Waals surface area contributed by atoms with Gasteiger partial charge in [0.25, 0.3) is 5.56 Å². The number of hydrogen-bond acceptors (Lipinski definition) is 1. The van der Waals surface area contributed by atoms with E-state index >= 15 is 0 Å². The first-order valence-corrected chi connectivity index (χ1v) is 3.13. The third-order valence-corrected chi connectivity index (χ3v) is 1.56. The fourth-order valence-electron chi connectivity index (χ4n) is 1.02. The van der Waals surface area contributed by atoms with Crippen molar-refractivity contribution in [2.24, 2.45) is 0 Å². The van der Waals surface area contributed by atoms with Crippen molar-refractivity contribution in [3.63, 3.8) is 0 Å². The number of fused-ring (bicyclic) bond motifs is 1. The Balaban J connectivity index is 3.04. The van der Waals surface area contributed by atoms with Gasteiger partial charge in [-0.05, 0) is 6.07 Å². The van der Waals surface area contributed by atoms with Gasteiger partial charge in [0.05, 0.1) is 5.52 Å². The van der Waals surface area contributed by atoms with E-state index in [1.54, 1.807) is 6.20 Å². The molecule has 0 aliphatic heterocycles. The largest absolute Gasteiger partial charge is 0.360 e. The fraction of sp³-hybridized carbons (Fsp3) is 0. The second-order valence-electron chi connectivity index (χ2n) is 2.24. The zero-order valence-electron chi connectivity index (χ0n) is 5.52. The van der Waals surface area contributed by atoms with Crippen LogP contribution >= 0.6 is 0 Å². The molecule has 0 saturated carbocycles. The van der Waals surface area contributed by atoms with Crippen LogP contribution in [-0.4, -0.2) is 9.97 Å². The van der Waals surface area contributed by atoms with Gasteiger partial charge in [-0.2, -0.15) is 0 Å². The van der Waals surface area contributed by atoms with Gasteiger partial charge in [0.2, 0.25) is 0 Å². The Morgan fingerprint density at radius 3 is 3.00 bits per heavy atom. The van der Waals surface area contributed by atoms with Crippen LogP contribution in [-0.2, 0) is 0 Å². The molecule has 0 radical (unpaired) electrons. The Labute approximate surface area is 60.9 Å². The molecule has 0 unspecified atom stereocenters. The summed E-state index contributed by atoms with van der Waals surface area (Å²) in [6.45, 7) is 0. The molecule has 3 nitrogen and oxygen atoms in total. The quantitative estimate of drug-likeness (QED) is 0.581. The Morgan fingerprint density at radius 1 is 1.36 bits per heavy atom. The van der Waals surface area contributed by atoms with Crippen LogP contribution in [0, 0.1) is 5.82 Å². The van der Waals surface area contributed by atoms with E-state index in [-0.39, 0.29) is 0 Å². The lowest BCUT2D eigenvalue weighted by molar-refractivity contribution is 0.621. The summed E-state index contributed by atoms with van der Waals surface area (Å²) in [5.74, 6) is -0.733. The van der Waals surface area contributed by atoms with Crippen LogP contribution in [0.4, 0.5) is 4.39 Å². The zero-order valence-corrected chi connectivity index (χ0v) is 5.52. The lowest BCUT2D eigenvalue weighted by Crippen LogP contribution is -2.08. The fourth-order valence-corrected chi connectivity index (χ4v) is 1.02. The van der Waals surface area contributed by atoms with Gasteiger partial charge in [-0.1, -0.05) is 0 Å². The lowest BCUT2D eigenvalue weighted by atomic mass is 10.3. The first kappa shape index (κ1) is 6.15. The summed E-state index contributed by atoms with van der Waals surface area (Å²) >= 11 is 0. The van der Waals surface area contributed by atoms with Crippen molar-refractivity contribution >= 4 is 10.9 Å². The number of halogens is 1. The second kappa shape index (κ2) is 1.95. The van der Waals surface area contributed by atoms with Gasteiger partial charge in [-0.3, -0.25) is 4.79 Å². The topological polar surface area (TPSA) is 48.6 Å². The highest BCUT2D eigenvalue weighted by Crippen LogP contribution is 2.10. The molecule has 2 N–H and O–H groups in total. The highest BCUT2D eigenvalue weighted by atomic mass is 19.1. The minimum atomic E-state index is -0.733. The zero-order chi connectivity index (χ0) is 7.84. The maximum atomic E-state index is 12.9. The molecule has 2 rings (SSSR count). The predicted molar refractivity (Wildman–Crippen MR) is 38.9 cm³/mol. The average molecular weight is 152 g/mol. The summed E-state index contributed by atoms with van der Waals surface area (Å²) in [5, 5.41) is 0.328. The number of hydrogen-bond donors (Lipinski definition) is 2. The maximum absolute atomic E-state index is 12.9. The smallest absolute Gasteiger partial charge is 0.284 e. The van der Waals surface area contributed by atoms with Gasteiger partial charge in [0, 0.05) is 17.8 Å². The third-order valence-electron chi connectivity index (χ3n) is 1.56. The molecule has 0 saturated heterocycles. The van der Waals surface area contributed by atoms with Crippen molar-refractivity contribution in [1.29, 1.82) is 0 Å². The van der Waals surface area contributed by atoms with E-state index in [1.165, 1.54) is 12.3 Å². The number of nitrogens with one attached hydrogen (secondary N) is 2. The molecule has 0 spiro atoms. The third kappa shape index (κ3) is 0.756. The van der Waals surface area contributed by atoms with Crippen LogP contribution in [0.2, 0.25) is 0 Å². The number of pyridine rings is 1. The molecule has 2 aromatic heterocycles. The van der Waals surface area contributed by atoms with Crippen molar-refractivity contribution in [1.82, 2.24) is 9.97 Å². The van der Waals surface area contributed by atoms with Gasteiger partial charge in [0.1, 0.15) is 0 Å². The Kier molecular flexibility index (Phi) is 1.09. The van der Waals surface area contributed by atoms with Crippen molar-refractivity contribution < 1.29 is 4.39 Å². The molecule has 0 aliphatic carbocycles. The average Bonchev–Trinajstić information content (AvgIpc) is 2.45. The summed E-state index contributed by atoms with van der Waals surface area (Å²) in [5.41, 5.74) is -0.0841. The van der Waals surface area contributed by atoms with Crippen molar-refractivity contribution in [2.45, 2.75) is 0 Å². The van der Waals surface area contributed by atoms with Crippen molar-refractivity contribution in [3.8, 4) is 0 Å². The van der Waals surface area contributed by atoms with E-state index < -0.39 is 11.4 Å². The van der Waals surface area contributed by atoms with Crippen LogP contribution < -0.4 is 5.56 Å². The van der Waals surface area contributed by atoms with E-state index in [0.717, 1.165) is 0 Å². The normalized spacial score (nSPS) is 10.6.